The molecule has 9 N–H and O–H groups in total. The van der Waals surface area contributed by atoms with Crippen LogP contribution in [0.15, 0.2) is 30.3 Å². The van der Waals surface area contributed by atoms with Crippen LogP contribution in [0.4, 0.5) is 4.79 Å². The van der Waals surface area contributed by atoms with Gasteiger partial charge in [-0.3, -0.25) is 67.1 Å². The summed E-state index contributed by atoms with van der Waals surface area (Å²) in [4.78, 5) is 197. The van der Waals surface area contributed by atoms with Crippen LogP contribution in [0.2, 0.25) is 0 Å². The molecule has 1 aromatic rings. The fraction of sp³-hybridized carbons (Fsp3) is 0.774. The predicted molar refractivity (Wildman–Crippen MR) is 493 cm³/mol. The van der Waals surface area contributed by atoms with E-state index >= 15 is 4.79 Å². The normalized spacial score (nSPS) is 24.5. The van der Waals surface area contributed by atoms with Gasteiger partial charge in [-0.25, -0.2) is 4.79 Å². The maximum absolute atomic E-state index is 15.2. The average molecular weight is 2000 g/mol. The molecule has 4 saturated heterocycles. The summed E-state index contributed by atoms with van der Waals surface area (Å²) in [5.74, 6) is -8.86. The van der Waals surface area contributed by atoms with Gasteiger partial charge in [0, 0.05) is 88.0 Å². The third-order valence-corrected chi connectivity index (χ3v) is 23.9. The van der Waals surface area contributed by atoms with E-state index < -0.39 is 184 Å². The molecule has 140 heavy (non-hydrogen) atoms. The Hall–Kier alpha value is -9.57. The highest BCUT2D eigenvalue weighted by molar-refractivity contribution is 5.94. The highest BCUT2D eigenvalue weighted by Crippen LogP contribution is 2.36. The molecule has 0 saturated carbocycles. The summed E-state index contributed by atoms with van der Waals surface area (Å²) < 4.78 is 121. The lowest BCUT2D eigenvalue weighted by Crippen LogP contribution is -2.58. The Balaban J connectivity index is 1.26. The van der Waals surface area contributed by atoms with Crippen LogP contribution in [-0.2, 0) is 173 Å². The van der Waals surface area contributed by atoms with Crippen molar-refractivity contribution in [2.75, 3.05) is 211 Å². The maximum Gasteiger partial charge on any atom is 0.408 e. The van der Waals surface area contributed by atoms with E-state index in [1.54, 1.807) is 30.3 Å². The minimum Gasteiger partial charge on any atom is -0.463 e. The Morgan fingerprint density at radius 1 is 0.314 bits per heavy atom. The third-order valence-electron chi connectivity index (χ3n) is 23.9. The Bertz CT molecular complexity index is 3720. The van der Waals surface area contributed by atoms with Crippen molar-refractivity contribution in [3.63, 3.8) is 0 Å². The van der Waals surface area contributed by atoms with E-state index in [2.05, 4.69) is 47.9 Å². The van der Waals surface area contributed by atoms with Gasteiger partial charge >= 0.3 is 30.0 Å². The number of esters is 4. The molecule has 0 aliphatic carbocycles. The second-order valence-corrected chi connectivity index (χ2v) is 34.7. The van der Waals surface area contributed by atoms with Gasteiger partial charge in [-0.05, 0) is 59.3 Å². The van der Waals surface area contributed by atoms with Crippen molar-refractivity contribution >= 4 is 89.0 Å². The van der Waals surface area contributed by atoms with Crippen molar-refractivity contribution in [1.29, 1.82) is 0 Å². The summed E-state index contributed by atoms with van der Waals surface area (Å²) in [6.45, 7) is 23.4. The number of ether oxygens (including phenoxy) is 21. The van der Waals surface area contributed by atoms with E-state index in [1.165, 1.54) is 55.4 Å². The number of nitrogens with zero attached hydrogens (tertiary/aromatic N) is 2. The summed E-state index contributed by atoms with van der Waals surface area (Å²) in [6, 6.07) is 4.73. The lowest BCUT2D eigenvalue weighted by atomic mass is 9.82. The van der Waals surface area contributed by atoms with E-state index in [4.69, 9.17) is 99.5 Å². The van der Waals surface area contributed by atoms with Gasteiger partial charge in [0.2, 0.25) is 59.1 Å². The summed E-state index contributed by atoms with van der Waals surface area (Å²) >= 11 is 0. The average Bonchev–Trinajstić information content (AvgIpc) is 0.816. The topological polar surface area (TPSA) is 565 Å². The number of nitrogens with one attached hydrogen (secondary N) is 9. The molecular weight excluding hydrogens is 1850 g/mol. The molecule has 0 spiro atoms. The van der Waals surface area contributed by atoms with Gasteiger partial charge < -0.3 is 157 Å². The lowest BCUT2D eigenvalue weighted by molar-refractivity contribution is -0.247. The predicted octanol–water partition coefficient (Wildman–Crippen LogP) is -0.358. The Morgan fingerprint density at radius 2 is 0.564 bits per heavy atom. The number of benzene rings is 1. The van der Waals surface area contributed by atoms with E-state index in [9.17, 15) is 67.1 Å². The number of alkyl carbamates (subject to hydrolysis) is 1. The molecule has 0 radical (unpaired) electrons. The van der Waals surface area contributed by atoms with Gasteiger partial charge in [0.25, 0.3) is 0 Å². The van der Waals surface area contributed by atoms with Crippen molar-refractivity contribution < 1.29 is 171 Å². The zero-order valence-electron chi connectivity index (χ0n) is 83.9. The summed E-state index contributed by atoms with van der Waals surface area (Å²) in [5, 5.41) is 24.7. The lowest BCUT2D eigenvalue weighted by Gasteiger charge is -2.44. The van der Waals surface area contributed by atoms with Crippen molar-refractivity contribution in [3.8, 4) is 0 Å². The van der Waals surface area contributed by atoms with Crippen molar-refractivity contribution in [2.24, 2.45) is 47.3 Å². The van der Waals surface area contributed by atoms with Crippen molar-refractivity contribution in [2.45, 2.75) is 210 Å². The van der Waals surface area contributed by atoms with Crippen LogP contribution < -0.4 is 47.9 Å². The quantitative estimate of drug-likeness (QED) is 0.0228. The molecule has 4 aliphatic rings. The Kier molecular flexibility index (Phi) is 58.6. The molecule has 4 aliphatic heterocycles. The third kappa shape index (κ3) is 48.0. The number of hydrogen-bond donors (Lipinski definition) is 9. The first kappa shape index (κ1) is 121. The molecule has 21 unspecified atom stereocenters. The molecule has 4 fully saturated rings. The number of carbonyl (C=O) groups excluding carboxylic acids is 15. The molecule has 0 bridgehead atoms. The molecular formula is C93H153N11O36. The molecule has 11 amide bonds. The van der Waals surface area contributed by atoms with Gasteiger partial charge in [-0.15, -0.1) is 0 Å². The monoisotopic (exact) mass is 2000 g/mol. The van der Waals surface area contributed by atoms with Crippen LogP contribution in [0.3, 0.4) is 0 Å². The van der Waals surface area contributed by atoms with Gasteiger partial charge in [-0.2, -0.15) is 0 Å². The first-order valence-electron chi connectivity index (χ1n) is 47.8. The van der Waals surface area contributed by atoms with E-state index in [1.807, 2.05) is 55.4 Å². The largest absolute Gasteiger partial charge is 0.463 e. The number of carbonyl (C=O) groups is 15. The molecule has 47 nitrogen and oxygen atoms in total. The second kappa shape index (κ2) is 67.8. The van der Waals surface area contributed by atoms with Crippen LogP contribution in [0, 0.1) is 47.3 Å². The molecule has 0 aromatic heterocycles. The fourth-order valence-corrected chi connectivity index (χ4v) is 15.5. The number of rotatable bonds is 67. The molecule has 1 aromatic carbocycles. The summed E-state index contributed by atoms with van der Waals surface area (Å²) in [5.41, 5.74) is 0.557. The van der Waals surface area contributed by atoms with Crippen LogP contribution in [0.25, 0.3) is 0 Å². The highest BCUT2D eigenvalue weighted by Gasteiger charge is 2.48. The zero-order chi connectivity index (χ0) is 103. The van der Waals surface area contributed by atoms with Gasteiger partial charge in [-0.1, -0.05) is 85.7 Å². The molecule has 21 atom stereocenters. The SMILES string of the molecule is CC(=O)NC1C(OCCOCCOCCNC(=O)CN(CC(=O)NCCOCCOCCOC2OC(COC(C)=O)C(C)C(C)C2NC(C)=O)C(=O)CCC(NC(=O)OCc2ccccc2)C(=O)N(CC(=O)NCCOCCOCCOC2OC(COC(C)=O)C(C)C(C)C2NC(C)=O)CC(=O)NCCOCCOCCOC2OC(COC(C)=O)C(C)C(C)C2NC(C)=O)OC(COC(C)=O)C(C)C1C. The fourth-order valence-electron chi connectivity index (χ4n) is 15.5. The maximum atomic E-state index is 15.2. The van der Waals surface area contributed by atoms with Crippen molar-refractivity contribution in [3.05, 3.63) is 35.9 Å². The van der Waals surface area contributed by atoms with E-state index in [0.717, 1.165) is 9.80 Å². The minimum absolute atomic E-state index is 0.00112. The summed E-state index contributed by atoms with van der Waals surface area (Å²) in [7, 11) is 0. The Labute approximate surface area is 818 Å². The molecule has 4 heterocycles. The summed E-state index contributed by atoms with van der Waals surface area (Å²) in [6.07, 6.45) is -7.89. The number of amides is 11. The van der Waals surface area contributed by atoms with E-state index in [0.29, 0.717) is 5.56 Å². The first-order valence-corrected chi connectivity index (χ1v) is 47.8. The van der Waals surface area contributed by atoms with Crippen molar-refractivity contribution in [1.82, 2.24) is 57.7 Å². The Morgan fingerprint density at radius 3 is 0.821 bits per heavy atom. The standard InChI is InChI=1S/C93H153N11O36/c1-57-61(5)84(98-65(9)105)89(137-75(57)53-132-69(13)109)128-44-40-124-36-32-120-28-24-94-79(113)48-103(49-80(114)95-25-29-121-33-37-125-41-45-129-90-85(99-66(10)106)62(6)58(2)76(138-90)54-133-70(14)110)83(117)23-22-74(102-93(119)136-52-73-20-18-17-19-21-73)88(118)104(50-81(115)96-26-30-122-34-38-126-42-46-130-91-86(100-67(11)107)63(7)59(3)77(139-91)55-134-71(15)111)51-82(116)97-27-31-123-35-39-127-43-47-131-92-87(101-68(12)108)64(8)60(4)78(140-92)56-135-72(16)112/h17-21,57-64,74-78,84-87,89-92H,22-56H2,1-16H3,(H,94,113)(H,95,114)(H,96,115)(H,97,116)(H,98,105)(H,99,106)(H,100,107)(H,101,108)(H,102,119). The minimum atomic E-state index is -1.74. The molecule has 47 heteroatoms. The van der Waals surface area contributed by atoms with Gasteiger partial charge in [0.15, 0.2) is 25.2 Å². The highest BCUT2D eigenvalue weighted by atomic mass is 16.7. The molecule has 5 rings (SSSR count). The molecule has 796 valence electrons. The van der Waals surface area contributed by atoms with Crippen LogP contribution in [0.5, 0.6) is 0 Å². The number of hydrogen-bond acceptors (Lipinski definition) is 36. The first-order chi connectivity index (χ1) is 66.8. The van der Waals surface area contributed by atoms with Crippen LogP contribution in [-0.4, -0.2) is 390 Å². The van der Waals surface area contributed by atoms with Gasteiger partial charge in [0.1, 0.15) is 65.3 Å². The van der Waals surface area contributed by atoms with E-state index in [-0.39, 0.29) is 262 Å². The van der Waals surface area contributed by atoms with Crippen LogP contribution >= 0.6 is 0 Å². The zero-order valence-corrected chi connectivity index (χ0v) is 83.9. The van der Waals surface area contributed by atoms with Crippen LogP contribution in [0.1, 0.15) is 129 Å². The smallest absolute Gasteiger partial charge is 0.408 e. The van der Waals surface area contributed by atoms with Gasteiger partial charge in [0.05, 0.1) is 181 Å². The second-order valence-electron chi connectivity index (χ2n) is 34.7.